The predicted octanol–water partition coefficient (Wildman–Crippen LogP) is 3.44. The number of hydrogen-bond acceptors (Lipinski definition) is 4. The van der Waals surface area contributed by atoms with E-state index in [4.69, 9.17) is 4.74 Å². The Morgan fingerprint density at radius 3 is 2.50 bits per heavy atom. The first kappa shape index (κ1) is 23.4. The minimum absolute atomic E-state index is 0.0483. The summed E-state index contributed by atoms with van der Waals surface area (Å²) in [5.41, 5.74) is 2.81. The lowest BCUT2D eigenvalue weighted by Gasteiger charge is -2.14. The van der Waals surface area contributed by atoms with Crippen molar-refractivity contribution in [3.63, 3.8) is 0 Å². The van der Waals surface area contributed by atoms with Gasteiger partial charge in [0.15, 0.2) is 5.96 Å². The van der Waals surface area contributed by atoms with E-state index in [0.717, 1.165) is 23.3 Å². The number of aliphatic imine (C=N–C) groups is 1. The molecule has 3 N–H and O–H groups in total. The van der Waals surface area contributed by atoms with Crippen LogP contribution in [0.2, 0.25) is 0 Å². The molecule has 1 unspecified atom stereocenters. The summed E-state index contributed by atoms with van der Waals surface area (Å²) in [7, 11) is 1.66. The highest BCUT2D eigenvalue weighted by molar-refractivity contribution is 5.79. The zero-order valence-corrected chi connectivity index (χ0v) is 17.5. The Balaban J connectivity index is 1.90. The molecule has 0 radical (unpaired) electrons. The van der Waals surface area contributed by atoms with Gasteiger partial charge in [-0.1, -0.05) is 24.3 Å². The zero-order chi connectivity index (χ0) is 21.9. The number of methoxy groups -OCH3 is 1. The van der Waals surface area contributed by atoms with Gasteiger partial charge in [-0.2, -0.15) is 8.78 Å². The van der Waals surface area contributed by atoms with E-state index in [-0.39, 0.29) is 12.3 Å². The van der Waals surface area contributed by atoms with Gasteiger partial charge in [-0.15, -0.1) is 0 Å². The molecule has 0 saturated carbocycles. The molecule has 0 aliphatic heterocycles. The number of nitrogens with one attached hydrogen (secondary N) is 2. The fraction of sp³-hybridized carbons (Fsp3) is 0.409. The Kier molecular flexibility index (Phi) is 9.34. The van der Waals surface area contributed by atoms with Gasteiger partial charge in [0.05, 0.1) is 19.8 Å². The molecule has 8 heteroatoms. The van der Waals surface area contributed by atoms with Crippen molar-refractivity contribution in [1.82, 2.24) is 10.6 Å². The molecule has 0 aliphatic carbocycles. The number of alkyl halides is 2. The third-order valence-corrected chi connectivity index (χ3v) is 4.44. The summed E-state index contributed by atoms with van der Waals surface area (Å²) in [6.45, 7) is 2.55. The van der Waals surface area contributed by atoms with Gasteiger partial charge in [0.2, 0.25) is 0 Å². The molecule has 2 aromatic rings. The summed E-state index contributed by atoms with van der Waals surface area (Å²) in [6, 6.07) is 12.0. The van der Waals surface area contributed by atoms with Gasteiger partial charge >= 0.3 is 6.61 Å². The van der Waals surface area contributed by atoms with E-state index in [0.29, 0.717) is 24.6 Å². The number of benzene rings is 2. The molecule has 0 saturated heterocycles. The minimum atomic E-state index is -2.87. The second kappa shape index (κ2) is 12.0. The highest BCUT2D eigenvalue weighted by Crippen LogP contribution is 2.20. The molecule has 0 heterocycles. The Labute approximate surface area is 175 Å². The fourth-order valence-corrected chi connectivity index (χ4v) is 2.84. The van der Waals surface area contributed by atoms with E-state index in [2.05, 4.69) is 26.4 Å². The van der Waals surface area contributed by atoms with Crippen molar-refractivity contribution >= 4 is 5.96 Å². The monoisotopic (exact) mass is 421 g/mol. The molecule has 0 aliphatic rings. The molecule has 0 fully saturated rings. The first-order valence-electron chi connectivity index (χ1n) is 9.81. The predicted molar refractivity (Wildman–Crippen MR) is 113 cm³/mol. The van der Waals surface area contributed by atoms with Gasteiger partial charge < -0.3 is 25.2 Å². The summed E-state index contributed by atoms with van der Waals surface area (Å²) in [6.07, 6.45) is -0.0720. The lowest BCUT2D eigenvalue weighted by Crippen LogP contribution is -2.38. The zero-order valence-electron chi connectivity index (χ0n) is 17.5. The summed E-state index contributed by atoms with van der Waals surface area (Å²) in [5.74, 6) is 1.50. The molecule has 2 aromatic carbocycles. The third-order valence-electron chi connectivity index (χ3n) is 4.44. The lowest BCUT2D eigenvalue weighted by atomic mass is 10.1. The standard InChI is InChI=1S/C22H29F2N3O3/c1-4-25-22(26-12-11-16-6-5-15(2)20(13-16)29-3)27-14-19(28)17-7-9-18(10-8-17)30-21(23)24/h5-10,13,19,21,28H,4,11-12,14H2,1-3H3,(H2,25,26,27). The van der Waals surface area contributed by atoms with E-state index in [9.17, 15) is 13.9 Å². The van der Waals surface area contributed by atoms with Crippen LogP contribution in [0.15, 0.2) is 47.5 Å². The molecule has 1 atom stereocenters. The molecule has 164 valence electrons. The average Bonchev–Trinajstić information content (AvgIpc) is 2.73. The molecular formula is C22H29F2N3O3. The van der Waals surface area contributed by atoms with E-state index in [1.807, 2.05) is 26.0 Å². The summed E-state index contributed by atoms with van der Waals surface area (Å²) in [5, 5.41) is 16.7. The fourth-order valence-electron chi connectivity index (χ4n) is 2.84. The molecule has 30 heavy (non-hydrogen) atoms. The quantitative estimate of drug-likeness (QED) is 0.405. The minimum Gasteiger partial charge on any atom is -0.496 e. The van der Waals surface area contributed by atoms with Gasteiger partial charge in [-0.3, -0.25) is 4.99 Å². The van der Waals surface area contributed by atoms with Gasteiger partial charge in [0, 0.05) is 13.1 Å². The van der Waals surface area contributed by atoms with Crippen molar-refractivity contribution in [1.29, 1.82) is 0 Å². The second-order valence-corrected chi connectivity index (χ2v) is 6.66. The highest BCUT2D eigenvalue weighted by atomic mass is 19.3. The van der Waals surface area contributed by atoms with Crippen molar-refractivity contribution in [3.8, 4) is 11.5 Å². The van der Waals surface area contributed by atoms with E-state index in [1.165, 1.54) is 12.1 Å². The molecule has 0 amide bonds. The van der Waals surface area contributed by atoms with Gasteiger partial charge in [0.1, 0.15) is 11.5 Å². The van der Waals surface area contributed by atoms with Gasteiger partial charge in [0.25, 0.3) is 0 Å². The largest absolute Gasteiger partial charge is 0.496 e. The van der Waals surface area contributed by atoms with Gasteiger partial charge in [-0.25, -0.2) is 0 Å². The first-order valence-corrected chi connectivity index (χ1v) is 9.81. The average molecular weight is 421 g/mol. The number of ether oxygens (including phenoxy) is 2. The number of halogens is 2. The van der Waals surface area contributed by atoms with Crippen LogP contribution in [0.4, 0.5) is 8.78 Å². The number of aliphatic hydroxyl groups is 1. The van der Waals surface area contributed by atoms with E-state index >= 15 is 0 Å². The van der Waals surface area contributed by atoms with E-state index in [1.54, 1.807) is 19.2 Å². The maximum absolute atomic E-state index is 12.2. The first-order chi connectivity index (χ1) is 14.4. The van der Waals surface area contributed by atoms with Crippen LogP contribution in [0.1, 0.15) is 29.7 Å². The maximum atomic E-state index is 12.2. The van der Waals surface area contributed by atoms with Gasteiger partial charge in [-0.05, 0) is 55.2 Å². The van der Waals surface area contributed by atoms with Crippen molar-refractivity contribution < 1.29 is 23.4 Å². The number of nitrogens with zero attached hydrogens (tertiary/aromatic N) is 1. The molecule has 0 bridgehead atoms. The van der Waals surface area contributed by atoms with Crippen LogP contribution in [0.3, 0.4) is 0 Å². The van der Waals surface area contributed by atoms with Crippen molar-refractivity contribution in [2.75, 3.05) is 26.7 Å². The SMILES string of the molecule is CCNC(=NCC(O)c1ccc(OC(F)F)cc1)NCCc1ccc(C)c(OC)c1. The Morgan fingerprint density at radius 2 is 1.87 bits per heavy atom. The van der Waals surface area contributed by atoms with Crippen molar-refractivity contribution in [3.05, 3.63) is 59.2 Å². The Bertz CT molecular complexity index is 814. The van der Waals surface area contributed by atoms with Crippen LogP contribution in [-0.2, 0) is 6.42 Å². The lowest BCUT2D eigenvalue weighted by molar-refractivity contribution is -0.0498. The summed E-state index contributed by atoms with van der Waals surface area (Å²) in [4.78, 5) is 4.41. The topological polar surface area (TPSA) is 75.1 Å². The van der Waals surface area contributed by atoms with Crippen LogP contribution in [0.25, 0.3) is 0 Å². The maximum Gasteiger partial charge on any atom is 0.387 e. The summed E-state index contributed by atoms with van der Waals surface area (Å²) < 4.78 is 34.1. The molecule has 0 aromatic heterocycles. The normalized spacial score (nSPS) is 12.6. The second-order valence-electron chi connectivity index (χ2n) is 6.66. The van der Waals surface area contributed by atoms with Crippen LogP contribution in [0, 0.1) is 6.92 Å². The van der Waals surface area contributed by atoms with E-state index < -0.39 is 12.7 Å². The summed E-state index contributed by atoms with van der Waals surface area (Å²) >= 11 is 0. The van der Waals surface area contributed by atoms with Crippen LogP contribution in [0.5, 0.6) is 11.5 Å². The Hall–Kier alpha value is -2.87. The highest BCUT2D eigenvalue weighted by Gasteiger charge is 2.10. The van der Waals surface area contributed by atoms with Crippen LogP contribution < -0.4 is 20.1 Å². The number of aryl methyl sites for hydroxylation is 1. The van der Waals surface area contributed by atoms with Crippen LogP contribution >= 0.6 is 0 Å². The molecular weight excluding hydrogens is 392 g/mol. The molecule has 6 nitrogen and oxygen atoms in total. The number of aliphatic hydroxyl groups excluding tert-OH is 1. The van der Waals surface area contributed by atoms with Crippen molar-refractivity contribution in [2.24, 2.45) is 4.99 Å². The molecule has 2 rings (SSSR count). The van der Waals surface area contributed by atoms with Crippen LogP contribution in [-0.4, -0.2) is 44.4 Å². The van der Waals surface area contributed by atoms with Crippen molar-refractivity contribution in [2.45, 2.75) is 33.0 Å². The number of hydrogen-bond donors (Lipinski definition) is 3. The smallest absolute Gasteiger partial charge is 0.387 e. The molecule has 0 spiro atoms. The number of guanidine groups is 1. The third kappa shape index (κ3) is 7.51. The Morgan fingerprint density at radius 1 is 1.13 bits per heavy atom. The number of rotatable bonds is 10.